The van der Waals surface area contributed by atoms with Gasteiger partial charge in [0.15, 0.2) is 0 Å². The minimum absolute atomic E-state index is 0.151. The summed E-state index contributed by atoms with van der Waals surface area (Å²) in [6, 6.07) is 7.65. The smallest absolute Gasteiger partial charge is 0.325 e. The van der Waals surface area contributed by atoms with Gasteiger partial charge in [-0.2, -0.15) is 0 Å². The molecule has 0 radical (unpaired) electrons. The molecule has 62 valence electrons. The number of carbonyl (C=O) groups excluding carboxylic acids is 1. The highest BCUT2D eigenvalue weighted by Crippen LogP contribution is 2.18. The van der Waals surface area contributed by atoms with Crippen LogP contribution in [0, 0.1) is 0 Å². The standard InChI is InChI=1S/C9H10O2Si/c1-12(2)8-6-4-3-5-7(8)9(10)11-12/h3-6H,1-2H3. The van der Waals surface area contributed by atoms with Crippen molar-refractivity contribution >= 4 is 19.5 Å². The van der Waals surface area contributed by atoms with E-state index in [1.165, 1.54) is 0 Å². The van der Waals surface area contributed by atoms with E-state index in [0.29, 0.717) is 0 Å². The Morgan fingerprint density at radius 3 is 2.58 bits per heavy atom. The zero-order valence-electron chi connectivity index (χ0n) is 7.13. The molecular weight excluding hydrogens is 168 g/mol. The second-order valence-corrected chi connectivity index (χ2v) is 7.21. The molecule has 12 heavy (non-hydrogen) atoms. The molecule has 0 unspecified atom stereocenters. The van der Waals surface area contributed by atoms with Crippen molar-refractivity contribution in [2.75, 3.05) is 0 Å². The Morgan fingerprint density at radius 1 is 1.25 bits per heavy atom. The molecule has 1 aromatic carbocycles. The van der Waals surface area contributed by atoms with Crippen LogP contribution in [0.1, 0.15) is 10.4 Å². The van der Waals surface area contributed by atoms with Crippen LogP contribution in [-0.2, 0) is 4.43 Å². The van der Waals surface area contributed by atoms with Gasteiger partial charge in [-0.3, -0.25) is 0 Å². The summed E-state index contributed by atoms with van der Waals surface area (Å²) in [6.07, 6.45) is 0. The first-order valence-corrected chi connectivity index (χ1v) is 6.85. The third-order valence-electron chi connectivity index (χ3n) is 2.14. The van der Waals surface area contributed by atoms with Crippen molar-refractivity contribution in [2.24, 2.45) is 0 Å². The predicted molar refractivity (Wildman–Crippen MR) is 49.0 cm³/mol. The van der Waals surface area contributed by atoms with Crippen molar-refractivity contribution in [3.8, 4) is 0 Å². The number of carbonyl (C=O) groups is 1. The molecule has 2 rings (SSSR count). The van der Waals surface area contributed by atoms with Gasteiger partial charge in [0, 0.05) is 0 Å². The van der Waals surface area contributed by atoms with Gasteiger partial charge >= 0.3 is 5.97 Å². The molecular formula is C9H10O2Si. The van der Waals surface area contributed by atoms with Crippen LogP contribution in [-0.4, -0.2) is 14.3 Å². The van der Waals surface area contributed by atoms with E-state index in [1.54, 1.807) is 0 Å². The molecule has 1 heterocycles. The van der Waals surface area contributed by atoms with E-state index in [0.717, 1.165) is 10.8 Å². The molecule has 2 nitrogen and oxygen atoms in total. The van der Waals surface area contributed by atoms with Crippen molar-refractivity contribution in [1.29, 1.82) is 0 Å². The van der Waals surface area contributed by atoms with Crippen molar-refractivity contribution < 1.29 is 9.22 Å². The fourth-order valence-corrected chi connectivity index (χ4v) is 3.54. The maximum Gasteiger partial charge on any atom is 0.325 e. The minimum atomic E-state index is -1.87. The molecule has 0 atom stereocenters. The van der Waals surface area contributed by atoms with Gasteiger partial charge in [0.25, 0.3) is 8.32 Å². The average molecular weight is 178 g/mol. The van der Waals surface area contributed by atoms with Gasteiger partial charge in [-0.05, 0) is 24.3 Å². The van der Waals surface area contributed by atoms with E-state index in [1.807, 2.05) is 37.4 Å². The van der Waals surface area contributed by atoms with Gasteiger partial charge in [0.1, 0.15) is 0 Å². The van der Waals surface area contributed by atoms with Gasteiger partial charge in [-0.25, -0.2) is 4.79 Å². The first-order chi connectivity index (χ1) is 5.61. The summed E-state index contributed by atoms with van der Waals surface area (Å²) in [4.78, 5) is 11.3. The molecule has 1 aliphatic heterocycles. The van der Waals surface area contributed by atoms with Crippen LogP contribution in [0.15, 0.2) is 24.3 Å². The van der Waals surface area contributed by atoms with E-state index in [4.69, 9.17) is 4.43 Å². The third kappa shape index (κ3) is 0.898. The molecule has 1 aliphatic rings. The highest BCUT2D eigenvalue weighted by Gasteiger charge is 2.39. The molecule has 0 N–H and O–H groups in total. The Kier molecular flexibility index (Phi) is 1.38. The Morgan fingerprint density at radius 2 is 1.92 bits per heavy atom. The molecule has 0 saturated heterocycles. The fraction of sp³-hybridized carbons (Fsp3) is 0.222. The van der Waals surface area contributed by atoms with Crippen LogP contribution >= 0.6 is 0 Å². The molecule has 0 aromatic heterocycles. The number of fused-ring (bicyclic) bond motifs is 1. The van der Waals surface area contributed by atoms with Crippen LogP contribution < -0.4 is 5.19 Å². The molecule has 0 saturated carbocycles. The lowest BCUT2D eigenvalue weighted by Gasteiger charge is -2.13. The summed E-state index contributed by atoms with van der Waals surface area (Å²) >= 11 is 0. The minimum Gasteiger partial charge on any atom is -0.512 e. The lowest BCUT2D eigenvalue weighted by atomic mass is 10.2. The Labute approximate surface area is 72.3 Å². The fourth-order valence-electron chi connectivity index (χ4n) is 1.53. The number of rotatable bonds is 0. The summed E-state index contributed by atoms with van der Waals surface area (Å²) in [7, 11) is -1.87. The molecule has 1 aromatic rings. The summed E-state index contributed by atoms with van der Waals surface area (Å²) in [6.45, 7) is 4.08. The van der Waals surface area contributed by atoms with Crippen LogP contribution in [0.3, 0.4) is 0 Å². The zero-order chi connectivity index (χ0) is 8.77. The van der Waals surface area contributed by atoms with Crippen molar-refractivity contribution in [2.45, 2.75) is 13.1 Å². The van der Waals surface area contributed by atoms with E-state index in [9.17, 15) is 4.79 Å². The third-order valence-corrected chi connectivity index (χ3v) is 4.57. The molecule has 0 amide bonds. The van der Waals surface area contributed by atoms with E-state index < -0.39 is 8.32 Å². The van der Waals surface area contributed by atoms with Gasteiger partial charge < -0.3 is 4.43 Å². The summed E-state index contributed by atoms with van der Waals surface area (Å²) in [5, 5.41) is 1.12. The Hall–Kier alpha value is -1.09. The van der Waals surface area contributed by atoms with Crippen molar-refractivity contribution in [3.63, 3.8) is 0 Å². The molecule has 0 spiro atoms. The normalized spacial score (nSPS) is 18.7. The van der Waals surface area contributed by atoms with Crippen LogP contribution in [0.4, 0.5) is 0 Å². The Balaban J connectivity index is 2.66. The largest absolute Gasteiger partial charge is 0.512 e. The summed E-state index contributed by atoms with van der Waals surface area (Å²) in [5.74, 6) is -0.151. The molecule has 0 bridgehead atoms. The monoisotopic (exact) mass is 178 g/mol. The molecule has 0 fully saturated rings. The van der Waals surface area contributed by atoms with Gasteiger partial charge in [0.05, 0.1) is 5.56 Å². The lowest BCUT2D eigenvalue weighted by Crippen LogP contribution is -2.39. The first kappa shape index (κ1) is 7.55. The molecule has 0 aliphatic carbocycles. The Bertz CT molecular complexity index is 344. The second-order valence-electron chi connectivity index (χ2n) is 3.45. The van der Waals surface area contributed by atoms with E-state index >= 15 is 0 Å². The highest BCUT2D eigenvalue weighted by molar-refractivity contribution is 6.88. The van der Waals surface area contributed by atoms with Crippen molar-refractivity contribution in [3.05, 3.63) is 29.8 Å². The predicted octanol–water partition coefficient (Wildman–Crippen LogP) is 1.27. The maximum absolute atomic E-state index is 11.3. The highest BCUT2D eigenvalue weighted by atomic mass is 28.4. The topological polar surface area (TPSA) is 26.3 Å². The van der Waals surface area contributed by atoms with Crippen LogP contribution in [0.25, 0.3) is 0 Å². The van der Waals surface area contributed by atoms with Gasteiger partial charge in [-0.1, -0.05) is 18.2 Å². The lowest BCUT2D eigenvalue weighted by molar-refractivity contribution is 0.0743. The summed E-state index contributed by atoms with van der Waals surface area (Å²) in [5.41, 5.74) is 0.758. The number of benzene rings is 1. The van der Waals surface area contributed by atoms with Gasteiger partial charge in [0.2, 0.25) is 0 Å². The van der Waals surface area contributed by atoms with Crippen LogP contribution in [0.2, 0.25) is 13.1 Å². The van der Waals surface area contributed by atoms with Gasteiger partial charge in [-0.15, -0.1) is 0 Å². The summed E-state index contributed by atoms with van der Waals surface area (Å²) < 4.78 is 5.32. The molecule has 3 heteroatoms. The average Bonchev–Trinajstić information content (AvgIpc) is 2.25. The first-order valence-electron chi connectivity index (χ1n) is 3.94. The zero-order valence-corrected chi connectivity index (χ0v) is 8.13. The number of hydrogen-bond donors (Lipinski definition) is 0. The SMILES string of the molecule is C[Si]1(C)OC(=O)c2ccccc21. The van der Waals surface area contributed by atoms with E-state index in [-0.39, 0.29) is 5.97 Å². The van der Waals surface area contributed by atoms with Crippen LogP contribution in [0.5, 0.6) is 0 Å². The van der Waals surface area contributed by atoms with E-state index in [2.05, 4.69) is 0 Å². The number of hydrogen-bond acceptors (Lipinski definition) is 2. The van der Waals surface area contributed by atoms with Crippen molar-refractivity contribution in [1.82, 2.24) is 0 Å². The quantitative estimate of drug-likeness (QED) is 0.559. The second kappa shape index (κ2) is 2.20. The maximum atomic E-state index is 11.3.